The summed E-state index contributed by atoms with van der Waals surface area (Å²) in [5.41, 5.74) is 6.28. The van der Waals surface area contributed by atoms with Crippen LogP contribution in [0.4, 0.5) is 11.6 Å². The molecule has 0 unspecified atom stereocenters. The van der Waals surface area contributed by atoms with Gasteiger partial charge in [-0.05, 0) is 29.8 Å². The van der Waals surface area contributed by atoms with Gasteiger partial charge >= 0.3 is 0 Å². The first-order valence-electron chi connectivity index (χ1n) is 10.3. The summed E-state index contributed by atoms with van der Waals surface area (Å²) in [7, 11) is 0. The minimum Gasteiger partial charge on any atom is -0.325 e. The topological polar surface area (TPSA) is 37.8 Å². The number of aromatic nitrogens is 2. The Kier molecular flexibility index (Phi) is 5.23. The highest BCUT2D eigenvalue weighted by Gasteiger charge is 2.11. The normalized spacial score (nSPS) is 10.6. The quantitative estimate of drug-likeness (QED) is 0.339. The van der Waals surface area contributed by atoms with Gasteiger partial charge in [0.05, 0.1) is 11.4 Å². The predicted molar refractivity (Wildman–Crippen MR) is 128 cm³/mol. The first-order valence-corrected chi connectivity index (χ1v) is 10.3. The van der Waals surface area contributed by atoms with E-state index in [2.05, 4.69) is 59.9 Å². The number of nitrogens with zero attached hydrogens (tertiary/aromatic N) is 2. The van der Waals surface area contributed by atoms with Gasteiger partial charge in [0.25, 0.3) is 0 Å². The van der Waals surface area contributed by atoms with Crippen molar-refractivity contribution in [3.8, 4) is 33.6 Å². The van der Waals surface area contributed by atoms with Crippen molar-refractivity contribution in [2.24, 2.45) is 0 Å². The maximum Gasteiger partial charge on any atom is 0.132 e. The molecule has 148 valence electrons. The molecular formula is C28H21N3. The first kappa shape index (κ1) is 18.8. The third-order valence-corrected chi connectivity index (χ3v) is 5.10. The monoisotopic (exact) mass is 399 g/mol. The van der Waals surface area contributed by atoms with E-state index in [9.17, 15) is 0 Å². The molecule has 0 aliphatic rings. The van der Waals surface area contributed by atoms with E-state index >= 15 is 0 Å². The summed E-state index contributed by atoms with van der Waals surface area (Å²) in [6.45, 7) is 0. The second kappa shape index (κ2) is 8.64. The molecule has 3 aromatic carbocycles. The average molecular weight is 399 g/mol. The Hall–Kier alpha value is -4.24. The van der Waals surface area contributed by atoms with Gasteiger partial charge in [0, 0.05) is 16.7 Å². The molecule has 0 aliphatic carbocycles. The molecule has 0 saturated heterocycles. The Labute approximate surface area is 182 Å². The summed E-state index contributed by atoms with van der Waals surface area (Å²) in [6.07, 6.45) is 0. The van der Waals surface area contributed by atoms with E-state index in [1.165, 1.54) is 0 Å². The third-order valence-electron chi connectivity index (χ3n) is 5.10. The highest BCUT2D eigenvalue weighted by Crippen LogP contribution is 2.32. The van der Waals surface area contributed by atoms with E-state index in [1.54, 1.807) is 0 Å². The number of anilines is 2. The maximum absolute atomic E-state index is 4.97. The lowest BCUT2D eigenvalue weighted by Crippen LogP contribution is -1.99. The zero-order valence-corrected chi connectivity index (χ0v) is 16.9. The Morgan fingerprint density at radius 3 is 1.68 bits per heavy atom. The number of rotatable bonds is 5. The van der Waals surface area contributed by atoms with Gasteiger partial charge in [0.15, 0.2) is 0 Å². The highest BCUT2D eigenvalue weighted by atomic mass is 15.1. The molecule has 5 aromatic rings. The van der Waals surface area contributed by atoms with Crippen LogP contribution in [-0.2, 0) is 0 Å². The molecule has 2 heterocycles. The van der Waals surface area contributed by atoms with Crippen molar-refractivity contribution in [2.75, 3.05) is 5.32 Å². The molecule has 31 heavy (non-hydrogen) atoms. The molecule has 0 saturated carbocycles. The van der Waals surface area contributed by atoms with E-state index in [-0.39, 0.29) is 0 Å². The lowest BCUT2D eigenvalue weighted by molar-refractivity contribution is 1.25. The van der Waals surface area contributed by atoms with Crippen LogP contribution in [0.5, 0.6) is 0 Å². The first-order chi connectivity index (χ1) is 15.4. The van der Waals surface area contributed by atoms with E-state index in [1.807, 2.05) is 66.7 Å². The molecule has 0 amide bonds. The van der Waals surface area contributed by atoms with Crippen molar-refractivity contribution < 1.29 is 0 Å². The number of pyridine rings is 2. The fourth-order valence-corrected chi connectivity index (χ4v) is 3.60. The Balaban J connectivity index is 1.53. The van der Waals surface area contributed by atoms with Crippen LogP contribution in [-0.4, -0.2) is 9.97 Å². The van der Waals surface area contributed by atoms with E-state index in [4.69, 9.17) is 9.97 Å². The fourth-order valence-electron chi connectivity index (χ4n) is 3.60. The Bertz CT molecular complexity index is 1280. The van der Waals surface area contributed by atoms with E-state index in [0.717, 1.165) is 45.3 Å². The lowest BCUT2D eigenvalue weighted by atomic mass is 9.99. The largest absolute Gasteiger partial charge is 0.325 e. The molecule has 0 bridgehead atoms. The molecular weight excluding hydrogens is 378 g/mol. The van der Waals surface area contributed by atoms with Gasteiger partial charge in [-0.15, -0.1) is 0 Å². The smallest absolute Gasteiger partial charge is 0.132 e. The highest BCUT2D eigenvalue weighted by molar-refractivity contribution is 5.82. The van der Waals surface area contributed by atoms with Crippen molar-refractivity contribution in [2.45, 2.75) is 0 Å². The van der Waals surface area contributed by atoms with Gasteiger partial charge in [0.2, 0.25) is 0 Å². The molecule has 0 fully saturated rings. The average Bonchev–Trinajstić information content (AvgIpc) is 2.86. The molecule has 0 radical (unpaired) electrons. The Morgan fingerprint density at radius 1 is 0.419 bits per heavy atom. The second-order valence-electron chi connectivity index (χ2n) is 7.22. The van der Waals surface area contributed by atoms with Crippen molar-refractivity contribution >= 4 is 11.6 Å². The number of benzene rings is 3. The number of nitrogens with one attached hydrogen (secondary N) is 1. The minimum atomic E-state index is 0.760. The van der Waals surface area contributed by atoms with E-state index < -0.39 is 0 Å². The van der Waals surface area contributed by atoms with Crippen LogP contribution in [0.15, 0.2) is 121 Å². The van der Waals surface area contributed by atoms with Crippen molar-refractivity contribution in [3.05, 3.63) is 121 Å². The molecule has 0 aliphatic heterocycles. The van der Waals surface area contributed by atoms with Crippen LogP contribution in [0.2, 0.25) is 0 Å². The fraction of sp³-hybridized carbons (Fsp3) is 0. The van der Waals surface area contributed by atoms with Gasteiger partial charge < -0.3 is 5.32 Å². The zero-order chi connectivity index (χ0) is 20.9. The molecule has 3 heteroatoms. The van der Waals surface area contributed by atoms with Crippen LogP contribution in [0, 0.1) is 0 Å². The number of hydrogen-bond acceptors (Lipinski definition) is 3. The summed E-state index contributed by atoms with van der Waals surface area (Å²) in [5.74, 6) is 1.52. The minimum absolute atomic E-state index is 0.760. The Morgan fingerprint density at radius 2 is 1.00 bits per heavy atom. The van der Waals surface area contributed by atoms with Crippen LogP contribution in [0.25, 0.3) is 33.6 Å². The standard InChI is InChI=1S/C28H21N3/c1-4-11-21(12-5-1)24-19-20-27(31-28(24)23-15-8-3-9-16-23)30-26-18-10-17-25(29-26)22-13-6-2-7-14-22/h1-20H,(H,29,30,31). The van der Waals surface area contributed by atoms with E-state index in [0.29, 0.717) is 0 Å². The molecule has 5 rings (SSSR count). The van der Waals surface area contributed by atoms with Gasteiger partial charge in [-0.3, -0.25) is 0 Å². The maximum atomic E-state index is 4.97. The van der Waals surface area contributed by atoms with Crippen molar-refractivity contribution in [1.29, 1.82) is 0 Å². The van der Waals surface area contributed by atoms with Gasteiger partial charge in [-0.25, -0.2) is 9.97 Å². The summed E-state index contributed by atoms with van der Waals surface area (Å²) in [6, 6.07) is 40.9. The van der Waals surface area contributed by atoms with Crippen LogP contribution in [0.1, 0.15) is 0 Å². The molecule has 2 aromatic heterocycles. The van der Waals surface area contributed by atoms with Gasteiger partial charge in [-0.2, -0.15) is 0 Å². The van der Waals surface area contributed by atoms with Crippen molar-refractivity contribution in [3.63, 3.8) is 0 Å². The molecule has 0 spiro atoms. The van der Waals surface area contributed by atoms with Gasteiger partial charge in [0.1, 0.15) is 11.6 Å². The summed E-state index contributed by atoms with van der Waals surface area (Å²) >= 11 is 0. The van der Waals surface area contributed by atoms with Crippen LogP contribution >= 0.6 is 0 Å². The lowest BCUT2D eigenvalue weighted by Gasteiger charge is -2.13. The zero-order valence-electron chi connectivity index (χ0n) is 16.9. The number of hydrogen-bond donors (Lipinski definition) is 1. The molecule has 1 N–H and O–H groups in total. The third kappa shape index (κ3) is 4.21. The van der Waals surface area contributed by atoms with Gasteiger partial charge in [-0.1, -0.05) is 97.1 Å². The van der Waals surface area contributed by atoms with Crippen LogP contribution < -0.4 is 5.32 Å². The molecule has 0 atom stereocenters. The SMILES string of the molecule is c1ccc(-c2cccc(Nc3ccc(-c4ccccc4)c(-c4ccccc4)n3)n2)cc1. The van der Waals surface area contributed by atoms with Crippen molar-refractivity contribution in [1.82, 2.24) is 9.97 Å². The summed E-state index contributed by atoms with van der Waals surface area (Å²) < 4.78 is 0. The summed E-state index contributed by atoms with van der Waals surface area (Å²) in [5, 5.41) is 3.38. The predicted octanol–water partition coefficient (Wildman–Crippen LogP) is 7.22. The summed E-state index contributed by atoms with van der Waals surface area (Å²) in [4.78, 5) is 9.74. The van der Waals surface area contributed by atoms with Crippen LogP contribution in [0.3, 0.4) is 0 Å². The second-order valence-corrected chi connectivity index (χ2v) is 7.22. The molecule has 3 nitrogen and oxygen atoms in total.